The monoisotopic (exact) mass is 262 g/mol. The fourth-order valence-electron chi connectivity index (χ4n) is 1.85. The summed E-state index contributed by atoms with van der Waals surface area (Å²) in [5.41, 5.74) is 2.16. The Kier molecular flexibility index (Phi) is 4.05. The molecule has 0 aliphatic rings. The average molecular weight is 263 g/mol. The maximum absolute atomic E-state index is 5.88. The lowest BCUT2D eigenvalue weighted by Crippen LogP contribution is -2.17. The summed E-state index contributed by atoms with van der Waals surface area (Å²) in [7, 11) is 3.70. The Morgan fingerprint density at radius 1 is 1.28 bits per heavy atom. The quantitative estimate of drug-likeness (QED) is 0.790. The van der Waals surface area contributed by atoms with Gasteiger partial charge >= 0.3 is 0 Å². The van der Waals surface area contributed by atoms with Crippen LogP contribution < -0.4 is 9.64 Å². The van der Waals surface area contributed by atoms with Crippen molar-refractivity contribution < 1.29 is 4.74 Å². The maximum Gasteiger partial charge on any atom is 0.142 e. The van der Waals surface area contributed by atoms with Gasteiger partial charge in [-0.2, -0.15) is 0 Å². The number of pyridine rings is 1. The first kappa shape index (κ1) is 12.7. The fraction of sp³-hybridized carbons (Fsp3) is 0.214. The van der Waals surface area contributed by atoms with E-state index in [1.807, 2.05) is 43.4 Å². The minimum absolute atomic E-state index is 0.515. The van der Waals surface area contributed by atoms with Gasteiger partial charge in [-0.25, -0.2) is 4.98 Å². The molecule has 0 radical (unpaired) electrons. The van der Waals surface area contributed by atoms with Crippen LogP contribution in [0.15, 0.2) is 42.6 Å². The van der Waals surface area contributed by atoms with Gasteiger partial charge in [0.15, 0.2) is 0 Å². The average Bonchev–Trinajstić information content (AvgIpc) is 2.38. The Morgan fingerprint density at radius 3 is 2.78 bits per heavy atom. The predicted octanol–water partition coefficient (Wildman–Crippen LogP) is 3.38. The maximum atomic E-state index is 5.88. The number of hydrogen-bond donors (Lipinski definition) is 0. The van der Waals surface area contributed by atoms with E-state index >= 15 is 0 Å². The third kappa shape index (κ3) is 2.93. The summed E-state index contributed by atoms with van der Waals surface area (Å²) in [6, 6.07) is 11.8. The van der Waals surface area contributed by atoms with Crippen LogP contribution in [-0.2, 0) is 6.54 Å². The van der Waals surface area contributed by atoms with Crippen LogP contribution in [0.4, 0.5) is 5.69 Å². The molecule has 1 aromatic carbocycles. The van der Waals surface area contributed by atoms with E-state index in [0.29, 0.717) is 5.15 Å². The number of benzene rings is 1. The van der Waals surface area contributed by atoms with Crippen LogP contribution in [0.25, 0.3) is 0 Å². The largest absolute Gasteiger partial charge is 0.495 e. The molecule has 0 atom stereocenters. The van der Waals surface area contributed by atoms with E-state index in [0.717, 1.165) is 23.5 Å². The van der Waals surface area contributed by atoms with Crippen molar-refractivity contribution in [1.29, 1.82) is 0 Å². The molecule has 0 spiro atoms. The smallest absolute Gasteiger partial charge is 0.142 e. The molecule has 1 heterocycles. The third-order valence-corrected chi connectivity index (χ3v) is 2.91. The van der Waals surface area contributed by atoms with E-state index in [1.54, 1.807) is 13.3 Å². The zero-order chi connectivity index (χ0) is 13.0. The number of anilines is 1. The first-order valence-electron chi connectivity index (χ1n) is 5.65. The summed E-state index contributed by atoms with van der Waals surface area (Å²) < 4.78 is 5.35. The molecule has 0 fully saturated rings. The Labute approximate surface area is 112 Å². The first-order valence-corrected chi connectivity index (χ1v) is 6.03. The number of para-hydroxylation sites is 2. The SMILES string of the molecule is COc1ccccc1N(C)Cc1ccnc(Cl)c1. The van der Waals surface area contributed by atoms with Crippen molar-refractivity contribution >= 4 is 17.3 Å². The van der Waals surface area contributed by atoms with Gasteiger partial charge < -0.3 is 9.64 Å². The zero-order valence-corrected chi connectivity index (χ0v) is 11.2. The van der Waals surface area contributed by atoms with Crippen LogP contribution in [0.5, 0.6) is 5.75 Å². The van der Waals surface area contributed by atoms with Gasteiger partial charge in [0.1, 0.15) is 10.9 Å². The lowest BCUT2D eigenvalue weighted by molar-refractivity contribution is 0.415. The van der Waals surface area contributed by atoms with E-state index in [1.165, 1.54) is 0 Å². The minimum Gasteiger partial charge on any atom is -0.495 e. The summed E-state index contributed by atoms with van der Waals surface area (Å²) in [5.74, 6) is 0.861. The Balaban J connectivity index is 2.19. The zero-order valence-electron chi connectivity index (χ0n) is 10.4. The highest BCUT2D eigenvalue weighted by atomic mass is 35.5. The molecular weight excluding hydrogens is 248 g/mol. The number of methoxy groups -OCH3 is 1. The molecule has 94 valence electrons. The van der Waals surface area contributed by atoms with Gasteiger partial charge in [-0.3, -0.25) is 0 Å². The van der Waals surface area contributed by atoms with Crippen molar-refractivity contribution in [3.63, 3.8) is 0 Å². The van der Waals surface area contributed by atoms with E-state index in [4.69, 9.17) is 16.3 Å². The number of rotatable bonds is 4. The van der Waals surface area contributed by atoms with E-state index in [2.05, 4.69) is 9.88 Å². The molecule has 0 N–H and O–H groups in total. The van der Waals surface area contributed by atoms with Crippen LogP contribution in [-0.4, -0.2) is 19.1 Å². The summed E-state index contributed by atoms with van der Waals surface area (Å²) >= 11 is 5.88. The molecule has 2 aromatic rings. The van der Waals surface area contributed by atoms with Gasteiger partial charge in [0, 0.05) is 19.8 Å². The fourth-order valence-corrected chi connectivity index (χ4v) is 2.04. The Bertz CT molecular complexity index is 531. The van der Waals surface area contributed by atoms with Gasteiger partial charge in [-0.1, -0.05) is 23.7 Å². The number of nitrogens with zero attached hydrogens (tertiary/aromatic N) is 2. The topological polar surface area (TPSA) is 25.4 Å². The van der Waals surface area contributed by atoms with Crippen LogP contribution >= 0.6 is 11.6 Å². The van der Waals surface area contributed by atoms with Crippen molar-refractivity contribution in [3.05, 3.63) is 53.3 Å². The van der Waals surface area contributed by atoms with Crippen molar-refractivity contribution in [2.45, 2.75) is 6.54 Å². The number of halogens is 1. The molecule has 1 aromatic heterocycles. The molecule has 0 saturated heterocycles. The molecule has 3 nitrogen and oxygen atoms in total. The molecule has 0 aliphatic carbocycles. The molecule has 4 heteroatoms. The standard InChI is InChI=1S/C14H15ClN2O/c1-17(10-11-7-8-16-14(15)9-11)12-5-3-4-6-13(12)18-2/h3-9H,10H2,1-2H3. The normalized spacial score (nSPS) is 10.2. The molecule has 2 rings (SSSR count). The van der Waals surface area contributed by atoms with Crippen molar-refractivity contribution in [1.82, 2.24) is 4.98 Å². The number of ether oxygens (including phenoxy) is 1. The summed E-state index contributed by atoms with van der Waals surface area (Å²) in [4.78, 5) is 6.09. The highest BCUT2D eigenvalue weighted by Crippen LogP contribution is 2.27. The molecule has 0 aliphatic heterocycles. The van der Waals surface area contributed by atoms with Crippen LogP contribution in [0.2, 0.25) is 5.15 Å². The predicted molar refractivity (Wildman–Crippen MR) is 74.3 cm³/mol. The second-order valence-electron chi connectivity index (χ2n) is 4.01. The molecule has 0 saturated carbocycles. The molecule has 0 bridgehead atoms. The third-order valence-electron chi connectivity index (χ3n) is 2.71. The second kappa shape index (κ2) is 5.74. The van der Waals surface area contributed by atoms with Gasteiger partial charge in [-0.05, 0) is 29.8 Å². The Hall–Kier alpha value is -1.74. The van der Waals surface area contributed by atoms with Gasteiger partial charge in [0.2, 0.25) is 0 Å². The number of aromatic nitrogens is 1. The van der Waals surface area contributed by atoms with E-state index < -0.39 is 0 Å². The highest BCUT2D eigenvalue weighted by molar-refractivity contribution is 6.29. The minimum atomic E-state index is 0.515. The van der Waals surface area contributed by atoms with Crippen LogP contribution in [0, 0.1) is 0 Å². The van der Waals surface area contributed by atoms with Gasteiger partial charge in [-0.15, -0.1) is 0 Å². The van der Waals surface area contributed by atoms with E-state index in [-0.39, 0.29) is 0 Å². The summed E-state index contributed by atoms with van der Waals surface area (Å²) in [5, 5.41) is 0.515. The number of hydrogen-bond acceptors (Lipinski definition) is 3. The lowest BCUT2D eigenvalue weighted by Gasteiger charge is -2.21. The second-order valence-corrected chi connectivity index (χ2v) is 4.40. The molecular formula is C14H15ClN2O. The van der Waals surface area contributed by atoms with Gasteiger partial charge in [0.25, 0.3) is 0 Å². The van der Waals surface area contributed by atoms with Crippen molar-refractivity contribution in [3.8, 4) is 5.75 Å². The molecule has 0 unspecified atom stereocenters. The van der Waals surface area contributed by atoms with E-state index in [9.17, 15) is 0 Å². The van der Waals surface area contributed by atoms with Crippen LogP contribution in [0.1, 0.15) is 5.56 Å². The highest BCUT2D eigenvalue weighted by Gasteiger charge is 2.07. The summed E-state index contributed by atoms with van der Waals surface area (Å²) in [6.07, 6.45) is 1.72. The van der Waals surface area contributed by atoms with Crippen molar-refractivity contribution in [2.75, 3.05) is 19.1 Å². The van der Waals surface area contributed by atoms with Crippen molar-refractivity contribution in [2.24, 2.45) is 0 Å². The van der Waals surface area contributed by atoms with Crippen LogP contribution in [0.3, 0.4) is 0 Å². The lowest BCUT2D eigenvalue weighted by atomic mass is 10.2. The van der Waals surface area contributed by atoms with Gasteiger partial charge in [0.05, 0.1) is 12.8 Å². The molecule has 0 amide bonds. The molecule has 18 heavy (non-hydrogen) atoms. The Morgan fingerprint density at radius 2 is 2.06 bits per heavy atom. The summed E-state index contributed by atoms with van der Waals surface area (Å²) in [6.45, 7) is 0.753. The first-order chi connectivity index (χ1) is 8.70.